The summed E-state index contributed by atoms with van der Waals surface area (Å²) < 4.78 is 1.08. The maximum atomic E-state index is 10.4. The average molecular weight is 231 g/mol. The maximum absolute atomic E-state index is 10.4. The first-order valence-corrected chi connectivity index (χ1v) is 5.83. The molecular formula is C13H13NOS. The number of aromatic nitrogens is 1. The molecule has 0 radical (unpaired) electrons. The van der Waals surface area contributed by atoms with Gasteiger partial charge >= 0.3 is 0 Å². The Hall–Kier alpha value is -1.41. The van der Waals surface area contributed by atoms with Crippen LogP contribution in [-0.2, 0) is 5.60 Å². The number of rotatable bonds is 2. The monoisotopic (exact) mass is 231 g/mol. The zero-order chi connectivity index (χ0) is 11.8. The molecule has 0 fully saturated rings. The molecule has 2 rings (SSSR count). The van der Waals surface area contributed by atoms with Gasteiger partial charge in [-0.2, -0.15) is 0 Å². The maximum Gasteiger partial charge on any atom is 0.141 e. The number of hydrogen-bond donors (Lipinski definition) is 1. The molecule has 0 bridgehead atoms. The third-order valence-electron chi connectivity index (χ3n) is 2.71. The predicted octanol–water partition coefficient (Wildman–Crippen LogP) is 3.24. The molecule has 1 heterocycles. The van der Waals surface area contributed by atoms with Crippen LogP contribution in [0.5, 0.6) is 0 Å². The summed E-state index contributed by atoms with van der Waals surface area (Å²) in [6, 6.07) is 7.85. The highest BCUT2D eigenvalue weighted by Crippen LogP contribution is 2.34. The minimum atomic E-state index is -1.08. The van der Waals surface area contributed by atoms with Crippen molar-refractivity contribution in [1.29, 1.82) is 0 Å². The first-order valence-electron chi connectivity index (χ1n) is 5.01. The van der Waals surface area contributed by atoms with E-state index in [0.29, 0.717) is 10.6 Å². The van der Waals surface area contributed by atoms with E-state index in [0.717, 1.165) is 10.2 Å². The lowest BCUT2D eigenvalue weighted by Crippen LogP contribution is -2.21. The zero-order valence-corrected chi connectivity index (χ0v) is 10.1. The van der Waals surface area contributed by atoms with Gasteiger partial charge in [0.25, 0.3) is 0 Å². The Labute approximate surface area is 98.6 Å². The fourth-order valence-corrected chi connectivity index (χ4v) is 2.48. The van der Waals surface area contributed by atoms with Crippen LogP contribution >= 0.6 is 11.3 Å². The third-order valence-corrected chi connectivity index (χ3v) is 3.95. The van der Waals surface area contributed by atoms with Gasteiger partial charge in [-0.05, 0) is 26.0 Å². The molecule has 0 aliphatic carbocycles. The van der Waals surface area contributed by atoms with Crippen LogP contribution in [0, 0.1) is 0 Å². The molecule has 1 atom stereocenters. The molecule has 2 nitrogen and oxygen atoms in total. The van der Waals surface area contributed by atoms with E-state index in [1.165, 1.54) is 11.3 Å². The second-order valence-electron chi connectivity index (χ2n) is 3.86. The van der Waals surface area contributed by atoms with Gasteiger partial charge in [0.15, 0.2) is 0 Å². The molecular weight excluding hydrogens is 218 g/mol. The quantitative estimate of drug-likeness (QED) is 0.805. The highest BCUT2D eigenvalue weighted by molar-refractivity contribution is 7.18. The SMILES string of the molecule is C=C=C(C)C(C)(O)c1nc2ccccc2s1. The van der Waals surface area contributed by atoms with E-state index in [-0.39, 0.29) is 0 Å². The first kappa shape index (κ1) is 11.1. The second kappa shape index (κ2) is 3.87. The van der Waals surface area contributed by atoms with Gasteiger partial charge in [-0.25, -0.2) is 4.98 Å². The summed E-state index contributed by atoms with van der Waals surface area (Å²) >= 11 is 1.50. The van der Waals surface area contributed by atoms with Crippen molar-refractivity contribution in [2.24, 2.45) is 0 Å². The zero-order valence-electron chi connectivity index (χ0n) is 9.32. The Balaban J connectivity index is 2.60. The second-order valence-corrected chi connectivity index (χ2v) is 4.89. The molecule has 0 aliphatic heterocycles. The molecule has 0 saturated carbocycles. The summed E-state index contributed by atoms with van der Waals surface area (Å²) in [7, 11) is 0. The molecule has 0 amide bonds. The van der Waals surface area contributed by atoms with Crippen molar-refractivity contribution in [1.82, 2.24) is 4.98 Å². The average Bonchev–Trinajstić information content (AvgIpc) is 2.72. The Morgan fingerprint density at radius 2 is 2.19 bits per heavy atom. The lowest BCUT2D eigenvalue weighted by Gasteiger charge is -2.19. The molecule has 1 N–H and O–H groups in total. The van der Waals surface area contributed by atoms with E-state index in [1.807, 2.05) is 24.3 Å². The number of thiazole rings is 1. The van der Waals surface area contributed by atoms with Crippen LogP contribution in [0.15, 0.2) is 42.1 Å². The van der Waals surface area contributed by atoms with Gasteiger partial charge in [-0.1, -0.05) is 18.7 Å². The summed E-state index contributed by atoms with van der Waals surface area (Å²) in [5, 5.41) is 11.0. The van der Waals surface area contributed by atoms with Crippen molar-refractivity contribution >= 4 is 21.6 Å². The Kier molecular flexibility index (Phi) is 2.68. The van der Waals surface area contributed by atoms with Crippen molar-refractivity contribution in [3.8, 4) is 0 Å². The molecule has 82 valence electrons. The molecule has 1 aromatic carbocycles. The van der Waals surface area contributed by atoms with Crippen LogP contribution in [0.3, 0.4) is 0 Å². The van der Waals surface area contributed by atoms with Crippen LogP contribution in [0.2, 0.25) is 0 Å². The van der Waals surface area contributed by atoms with E-state index < -0.39 is 5.60 Å². The molecule has 0 aliphatic rings. The number of nitrogens with zero attached hydrogens (tertiary/aromatic N) is 1. The first-order chi connectivity index (χ1) is 7.55. The van der Waals surface area contributed by atoms with Crippen molar-refractivity contribution < 1.29 is 5.11 Å². The topological polar surface area (TPSA) is 33.1 Å². The van der Waals surface area contributed by atoms with Crippen LogP contribution < -0.4 is 0 Å². The van der Waals surface area contributed by atoms with Crippen LogP contribution in [0.4, 0.5) is 0 Å². The number of benzene rings is 1. The normalized spacial score (nSPS) is 14.4. The summed E-state index contributed by atoms with van der Waals surface area (Å²) in [5.74, 6) is 0. The third kappa shape index (κ3) is 1.69. The minimum absolute atomic E-state index is 0.683. The predicted molar refractivity (Wildman–Crippen MR) is 67.5 cm³/mol. The van der Waals surface area contributed by atoms with E-state index in [1.54, 1.807) is 13.8 Å². The van der Waals surface area contributed by atoms with Gasteiger partial charge in [-0.15, -0.1) is 17.1 Å². The number of fused-ring (bicyclic) bond motifs is 1. The fraction of sp³-hybridized carbons (Fsp3) is 0.231. The number of para-hydroxylation sites is 1. The van der Waals surface area contributed by atoms with Crippen LogP contribution in [0.25, 0.3) is 10.2 Å². The molecule has 3 heteroatoms. The Morgan fingerprint density at radius 3 is 2.81 bits per heavy atom. The molecule has 0 saturated heterocycles. The van der Waals surface area contributed by atoms with Gasteiger partial charge < -0.3 is 5.11 Å². The van der Waals surface area contributed by atoms with E-state index in [9.17, 15) is 5.11 Å². The smallest absolute Gasteiger partial charge is 0.141 e. The molecule has 1 unspecified atom stereocenters. The van der Waals surface area contributed by atoms with Crippen LogP contribution in [-0.4, -0.2) is 10.1 Å². The number of aliphatic hydroxyl groups is 1. The van der Waals surface area contributed by atoms with Gasteiger partial charge in [0.2, 0.25) is 0 Å². The highest BCUT2D eigenvalue weighted by Gasteiger charge is 2.29. The standard InChI is InChI=1S/C13H13NOS/c1-4-9(2)13(3,15)12-14-10-7-5-6-8-11(10)16-12/h5-8,15H,1H2,2-3H3. The molecule has 16 heavy (non-hydrogen) atoms. The lowest BCUT2D eigenvalue weighted by molar-refractivity contribution is 0.0977. The Bertz CT molecular complexity index is 543. The largest absolute Gasteiger partial charge is 0.378 e. The molecule has 2 aromatic rings. The number of hydrogen-bond acceptors (Lipinski definition) is 3. The van der Waals surface area contributed by atoms with Gasteiger partial charge in [0, 0.05) is 5.57 Å². The summed E-state index contributed by atoms with van der Waals surface area (Å²) in [6.07, 6.45) is 0. The Morgan fingerprint density at radius 1 is 1.50 bits per heavy atom. The minimum Gasteiger partial charge on any atom is -0.378 e. The van der Waals surface area contributed by atoms with Crippen molar-refractivity contribution in [3.05, 3.63) is 47.2 Å². The molecule has 0 spiro atoms. The van der Waals surface area contributed by atoms with Gasteiger partial charge in [0.1, 0.15) is 10.6 Å². The summed E-state index contributed by atoms with van der Waals surface area (Å²) in [4.78, 5) is 4.43. The van der Waals surface area contributed by atoms with E-state index in [2.05, 4.69) is 17.3 Å². The molecule has 1 aromatic heterocycles. The lowest BCUT2D eigenvalue weighted by atomic mass is 9.99. The van der Waals surface area contributed by atoms with Gasteiger partial charge in [-0.3, -0.25) is 0 Å². The van der Waals surface area contributed by atoms with Crippen molar-refractivity contribution in [3.63, 3.8) is 0 Å². The van der Waals surface area contributed by atoms with Crippen LogP contribution in [0.1, 0.15) is 18.9 Å². The van der Waals surface area contributed by atoms with E-state index in [4.69, 9.17) is 0 Å². The summed E-state index contributed by atoms with van der Waals surface area (Å²) in [6.45, 7) is 7.09. The van der Waals surface area contributed by atoms with Crippen molar-refractivity contribution in [2.45, 2.75) is 19.4 Å². The highest BCUT2D eigenvalue weighted by atomic mass is 32.1. The summed E-state index contributed by atoms with van der Waals surface area (Å²) in [5.41, 5.74) is 3.26. The van der Waals surface area contributed by atoms with Crippen molar-refractivity contribution in [2.75, 3.05) is 0 Å². The van der Waals surface area contributed by atoms with Gasteiger partial charge in [0.05, 0.1) is 10.2 Å². The fourth-order valence-electron chi connectivity index (χ4n) is 1.41. The van der Waals surface area contributed by atoms with E-state index >= 15 is 0 Å².